The molecular weight excluding hydrogens is 403 g/mol. The van der Waals surface area contributed by atoms with E-state index in [1.807, 2.05) is 24.3 Å². The van der Waals surface area contributed by atoms with E-state index in [4.69, 9.17) is 0 Å². The Morgan fingerprint density at radius 2 is 1.68 bits per heavy atom. The molecule has 0 unspecified atom stereocenters. The van der Waals surface area contributed by atoms with Crippen LogP contribution >= 0.6 is 0 Å². The van der Waals surface area contributed by atoms with Crippen molar-refractivity contribution in [2.24, 2.45) is 5.92 Å². The van der Waals surface area contributed by atoms with Gasteiger partial charge in [-0.2, -0.15) is 13.2 Å². The molecule has 0 bridgehead atoms. The molecule has 1 saturated heterocycles. The molecule has 2 aliphatic rings. The number of hydrogen-bond acceptors (Lipinski definition) is 3. The van der Waals surface area contributed by atoms with Gasteiger partial charge in [0.1, 0.15) is 0 Å². The van der Waals surface area contributed by atoms with Gasteiger partial charge in [-0.05, 0) is 75.2 Å². The van der Waals surface area contributed by atoms with E-state index in [1.54, 1.807) is 6.07 Å². The number of benzene rings is 2. The minimum atomic E-state index is -4.41. The van der Waals surface area contributed by atoms with Gasteiger partial charge in [-0.15, -0.1) is 0 Å². The lowest BCUT2D eigenvalue weighted by Gasteiger charge is -2.36. The predicted octanol–water partition coefficient (Wildman–Crippen LogP) is 4.98. The van der Waals surface area contributed by atoms with Crippen LogP contribution < -0.4 is 10.2 Å². The van der Waals surface area contributed by atoms with Gasteiger partial charge in [0, 0.05) is 36.4 Å². The molecule has 166 valence electrons. The average Bonchev–Trinajstić information content (AvgIpc) is 3.55. The van der Waals surface area contributed by atoms with E-state index in [0.29, 0.717) is 18.2 Å². The van der Waals surface area contributed by atoms with Gasteiger partial charge in [-0.3, -0.25) is 4.79 Å². The van der Waals surface area contributed by atoms with E-state index in [-0.39, 0.29) is 17.4 Å². The lowest BCUT2D eigenvalue weighted by atomic mass is 10.0. The van der Waals surface area contributed by atoms with Crippen LogP contribution in [0.2, 0.25) is 0 Å². The Kier molecular flexibility index (Phi) is 5.97. The van der Waals surface area contributed by atoms with E-state index in [0.717, 1.165) is 37.7 Å². The second-order valence-electron chi connectivity index (χ2n) is 8.75. The molecule has 0 radical (unpaired) electrons. The summed E-state index contributed by atoms with van der Waals surface area (Å²) in [6, 6.07) is 13.9. The van der Waals surface area contributed by atoms with Gasteiger partial charge in [-0.25, -0.2) is 0 Å². The van der Waals surface area contributed by atoms with Crippen LogP contribution in [0.3, 0.4) is 0 Å². The summed E-state index contributed by atoms with van der Waals surface area (Å²) in [4.78, 5) is 17.2. The number of halogens is 3. The smallest absolute Gasteiger partial charge is 0.371 e. The molecule has 1 aliphatic carbocycles. The lowest BCUT2D eigenvalue weighted by Crippen LogP contribution is -2.41. The summed E-state index contributed by atoms with van der Waals surface area (Å²) in [5.74, 6) is -1.02. The SMILES string of the molecule is CN(C)C1CCN(c2ccc(NC(=O)[C@@H]3C[C@@H]3c3ccccc3C(F)(F)F)cc2)CC1. The Hall–Kier alpha value is -2.54. The van der Waals surface area contributed by atoms with Crippen LogP contribution in [0.5, 0.6) is 0 Å². The summed E-state index contributed by atoms with van der Waals surface area (Å²) in [7, 11) is 4.23. The number of rotatable bonds is 5. The normalized spacial score (nSPS) is 21.9. The van der Waals surface area contributed by atoms with E-state index in [9.17, 15) is 18.0 Å². The predicted molar refractivity (Wildman–Crippen MR) is 116 cm³/mol. The second-order valence-corrected chi connectivity index (χ2v) is 8.75. The van der Waals surface area contributed by atoms with Crippen molar-refractivity contribution in [1.82, 2.24) is 4.90 Å². The van der Waals surface area contributed by atoms with Crippen molar-refractivity contribution < 1.29 is 18.0 Å². The fourth-order valence-corrected chi connectivity index (χ4v) is 4.54. The first kappa shape index (κ1) is 21.7. The monoisotopic (exact) mass is 431 g/mol. The maximum atomic E-state index is 13.3. The molecule has 1 heterocycles. The van der Waals surface area contributed by atoms with Gasteiger partial charge in [0.05, 0.1) is 5.56 Å². The maximum absolute atomic E-state index is 13.3. The Bertz CT molecular complexity index is 918. The molecule has 7 heteroatoms. The van der Waals surface area contributed by atoms with Gasteiger partial charge in [0.15, 0.2) is 0 Å². The fraction of sp³-hybridized carbons (Fsp3) is 0.458. The third kappa shape index (κ3) is 4.87. The summed E-state index contributed by atoms with van der Waals surface area (Å²) in [5.41, 5.74) is 1.37. The largest absolute Gasteiger partial charge is 0.416 e. The molecule has 2 atom stereocenters. The Morgan fingerprint density at radius 1 is 1.03 bits per heavy atom. The Labute approximate surface area is 181 Å². The minimum absolute atomic E-state index is 0.214. The molecule has 0 aromatic heterocycles. The highest BCUT2D eigenvalue weighted by Gasteiger charge is 2.47. The number of anilines is 2. The lowest BCUT2D eigenvalue weighted by molar-refractivity contribution is -0.138. The summed E-state index contributed by atoms with van der Waals surface area (Å²) < 4.78 is 39.8. The molecule has 2 fully saturated rings. The summed E-state index contributed by atoms with van der Waals surface area (Å²) in [5, 5.41) is 2.87. The molecule has 1 saturated carbocycles. The van der Waals surface area contributed by atoms with Gasteiger partial charge in [0.25, 0.3) is 0 Å². The van der Waals surface area contributed by atoms with Crippen LogP contribution in [-0.4, -0.2) is 44.0 Å². The highest BCUT2D eigenvalue weighted by Crippen LogP contribution is 2.51. The van der Waals surface area contributed by atoms with Crippen LogP contribution in [0.25, 0.3) is 0 Å². The minimum Gasteiger partial charge on any atom is -0.371 e. The number of nitrogens with one attached hydrogen (secondary N) is 1. The van der Waals surface area contributed by atoms with E-state index in [2.05, 4.69) is 29.2 Å². The van der Waals surface area contributed by atoms with Crippen LogP contribution in [0.15, 0.2) is 48.5 Å². The number of hydrogen-bond donors (Lipinski definition) is 1. The number of carbonyl (C=O) groups excluding carboxylic acids is 1. The van der Waals surface area contributed by atoms with Crippen molar-refractivity contribution in [2.45, 2.75) is 37.4 Å². The first-order chi connectivity index (χ1) is 14.7. The Morgan fingerprint density at radius 3 is 2.29 bits per heavy atom. The van der Waals surface area contributed by atoms with Gasteiger partial charge in [-0.1, -0.05) is 18.2 Å². The molecule has 1 aliphatic heterocycles. The van der Waals surface area contributed by atoms with Crippen LogP contribution in [-0.2, 0) is 11.0 Å². The molecule has 4 rings (SSSR count). The topological polar surface area (TPSA) is 35.6 Å². The van der Waals surface area contributed by atoms with Crippen LogP contribution in [0.4, 0.5) is 24.5 Å². The van der Waals surface area contributed by atoms with Crippen LogP contribution in [0.1, 0.15) is 36.3 Å². The van der Waals surface area contributed by atoms with E-state index in [1.165, 1.54) is 12.1 Å². The second kappa shape index (κ2) is 8.54. The van der Waals surface area contributed by atoms with Crippen molar-refractivity contribution >= 4 is 17.3 Å². The molecule has 1 amide bonds. The molecule has 2 aromatic carbocycles. The molecule has 2 aromatic rings. The van der Waals surface area contributed by atoms with E-state index >= 15 is 0 Å². The van der Waals surface area contributed by atoms with Gasteiger partial charge < -0.3 is 15.1 Å². The molecule has 1 N–H and O–H groups in total. The first-order valence-corrected chi connectivity index (χ1v) is 10.7. The molecular formula is C24H28F3N3O. The number of nitrogens with zero attached hydrogens (tertiary/aromatic N) is 2. The van der Waals surface area contributed by atoms with Crippen molar-refractivity contribution in [2.75, 3.05) is 37.4 Å². The number of piperidine rings is 1. The highest BCUT2D eigenvalue weighted by molar-refractivity contribution is 5.95. The number of alkyl halides is 3. The number of carbonyl (C=O) groups is 1. The standard InChI is InChI=1S/C24H28F3N3O/c1-29(2)17-11-13-30(14-12-17)18-9-7-16(8-10-18)28-23(31)21-15-20(21)19-5-3-4-6-22(19)24(25,26)27/h3-10,17,20-21H,11-15H2,1-2H3,(H,28,31)/t20-,21-/m1/s1. The van der Waals surface area contributed by atoms with Crippen molar-refractivity contribution in [3.63, 3.8) is 0 Å². The average molecular weight is 432 g/mol. The first-order valence-electron chi connectivity index (χ1n) is 10.7. The zero-order valence-corrected chi connectivity index (χ0v) is 17.8. The van der Waals surface area contributed by atoms with Crippen molar-refractivity contribution in [1.29, 1.82) is 0 Å². The third-order valence-electron chi connectivity index (χ3n) is 6.49. The summed E-state index contributed by atoms with van der Waals surface area (Å²) in [6.45, 7) is 1.99. The summed E-state index contributed by atoms with van der Waals surface area (Å²) in [6.07, 6.45) is -1.73. The molecule has 31 heavy (non-hydrogen) atoms. The van der Waals surface area contributed by atoms with Gasteiger partial charge in [0.2, 0.25) is 5.91 Å². The molecule has 0 spiro atoms. The zero-order chi connectivity index (χ0) is 22.2. The van der Waals surface area contributed by atoms with E-state index < -0.39 is 17.7 Å². The Balaban J connectivity index is 1.35. The number of amides is 1. The van der Waals surface area contributed by atoms with Crippen LogP contribution in [0, 0.1) is 5.92 Å². The van der Waals surface area contributed by atoms with Crippen molar-refractivity contribution in [3.05, 3.63) is 59.7 Å². The van der Waals surface area contributed by atoms with Crippen molar-refractivity contribution in [3.8, 4) is 0 Å². The fourth-order valence-electron chi connectivity index (χ4n) is 4.54. The summed E-state index contributed by atoms with van der Waals surface area (Å²) >= 11 is 0. The van der Waals surface area contributed by atoms with Gasteiger partial charge >= 0.3 is 6.18 Å². The zero-order valence-electron chi connectivity index (χ0n) is 17.8. The highest BCUT2D eigenvalue weighted by atomic mass is 19.4. The molecule has 4 nitrogen and oxygen atoms in total. The maximum Gasteiger partial charge on any atom is 0.416 e. The quantitative estimate of drug-likeness (QED) is 0.726. The third-order valence-corrected chi connectivity index (χ3v) is 6.49.